The molecule has 0 amide bonds. The highest BCUT2D eigenvalue weighted by atomic mass is 19.1. The number of methoxy groups -OCH3 is 1. The number of aromatic nitrogens is 3. The Kier molecular flexibility index (Phi) is 6.00. The van der Waals surface area contributed by atoms with Crippen LogP contribution in [-0.4, -0.2) is 34.0 Å². The summed E-state index contributed by atoms with van der Waals surface area (Å²) >= 11 is 0. The van der Waals surface area contributed by atoms with Gasteiger partial charge < -0.3 is 9.47 Å². The molecule has 2 aromatic rings. The molecule has 0 aliphatic carbocycles. The van der Waals surface area contributed by atoms with Crippen molar-refractivity contribution >= 4 is 11.9 Å². The minimum Gasteiger partial charge on any atom is -0.468 e. The number of hydrogen-bond donors (Lipinski definition) is 0. The Balaban J connectivity index is 1.82. The minimum absolute atomic E-state index is 0.0608. The van der Waals surface area contributed by atoms with Gasteiger partial charge in [0.25, 0.3) is 0 Å². The normalized spacial score (nSPS) is 11.8. The molecule has 0 saturated heterocycles. The summed E-state index contributed by atoms with van der Waals surface area (Å²) in [5.74, 6) is -1.16. The molecule has 0 N–H and O–H groups in total. The lowest BCUT2D eigenvalue weighted by molar-refractivity contribution is -0.148. The Hall–Kier alpha value is -2.77. The molecule has 0 radical (unpaired) electrons. The van der Waals surface area contributed by atoms with Crippen LogP contribution in [0, 0.1) is 5.82 Å². The van der Waals surface area contributed by atoms with E-state index in [9.17, 15) is 14.0 Å². The number of carbonyl (C=O) groups is 2. The molecule has 1 aromatic carbocycles. The number of carbonyl (C=O) groups excluding carboxylic acids is 2. The first-order chi connectivity index (χ1) is 11.5. The van der Waals surface area contributed by atoms with E-state index in [2.05, 4.69) is 15.0 Å². The average molecular weight is 335 g/mol. The van der Waals surface area contributed by atoms with E-state index in [-0.39, 0.29) is 18.8 Å². The number of nitrogens with zero attached hydrogens (tertiary/aromatic N) is 3. The van der Waals surface area contributed by atoms with Crippen LogP contribution in [0.2, 0.25) is 0 Å². The topological polar surface area (TPSA) is 83.3 Å². The fourth-order valence-electron chi connectivity index (χ4n) is 1.99. The van der Waals surface area contributed by atoms with E-state index in [1.807, 2.05) is 0 Å². The highest BCUT2D eigenvalue weighted by Gasteiger charge is 2.16. The second-order valence-electron chi connectivity index (χ2n) is 5.18. The summed E-state index contributed by atoms with van der Waals surface area (Å²) < 4.78 is 23.9. The van der Waals surface area contributed by atoms with Gasteiger partial charge in [0.1, 0.15) is 24.2 Å². The monoisotopic (exact) mass is 335 g/mol. The van der Waals surface area contributed by atoms with E-state index < -0.39 is 18.0 Å². The predicted octanol–water partition coefficient (Wildman–Crippen LogP) is 1.83. The summed E-state index contributed by atoms with van der Waals surface area (Å²) in [6, 6.07) is 5.96. The lowest BCUT2D eigenvalue weighted by Gasteiger charge is -2.10. The smallest absolute Gasteiger partial charge is 0.327 e. The molecular formula is C16H18FN3O4. The molecule has 0 aliphatic heterocycles. The van der Waals surface area contributed by atoms with Crippen LogP contribution in [0.4, 0.5) is 4.39 Å². The molecule has 24 heavy (non-hydrogen) atoms. The van der Waals surface area contributed by atoms with E-state index in [1.165, 1.54) is 30.1 Å². The number of halogens is 1. The fraction of sp³-hybridized carbons (Fsp3) is 0.375. The molecule has 7 nitrogen and oxygen atoms in total. The van der Waals surface area contributed by atoms with Crippen molar-refractivity contribution in [1.82, 2.24) is 15.0 Å². The fourth-order valence-corrected chi connectivity index (χ4v) is 1.99. The van der Waals surface area contributed by atoms with Crippen molar-refractivity contribution in [3.8, 4) is 0 Å². The standard InChI is InChI=1S/C16H18FN3O4/c1-11(14-9-20(19-18-14)10-16(22)23-2)24-15(21)8-5-12-3-6-13(17)7-4-12/h3-4,6-7,9,11H,5,8,10H2,1-2H3. The number of rotatable bonds is 7. The molecule has 1 heterocycles. The van der Waals surface area contributed by atoms with Gasteiger partial charge >= 0.3 is 11.9 Å². The van der Waals surface area contributed by atoms with E-state index >= 15 is 0 Å². The minimum atomic E-state index is -0.586. The van der Waals surface area contributed by atoms with E-state index in [0.717, 1.165) is 5.56 Å². The van der Waals surface area contributed by atoms with E-state index in [4.69, 9.17) is 4.74 Å². The van der Waals surface area contributed by atoms with Gasteiger partial charge in [-0.25, -0.2) is 9.07 Å². The van der Waals surface area contributed by atoms with Crippen molar-refractivity contribution in [2.24, 2.45) is 0 Å². The van der Waals surface area contributed by atoms with Gasteiger partial charge in [-0.15, -0.1) is 5.10 Å². The first-order valence-corrected chi connectivity index (χ1v) is 7.38. The van der Waals surface area contributed by atoms with Gasteiger partial charge in [-0.2, -0.15) is 0 Å². The van der Waals surface area contributed by atoms with Crippen molar-refractivity contribution in [3.05, 3.63) is 47.5 Å². The van der Waals surface area contributed by atoms with Crippen LogP contribution in [0.3, 0.4) is 0 Å². The maximum Gasteiger partial charge on any atom is 0.327 e. The Bertz CT molecular complexity index is 700. The van der Waals surface area contributed by atoms with E-state index in [0.29, 0.717) is 12.1 Å². The van der Waals surface area contributed by atoms with Crippen molar-refractivity contribution < 1.29 is 23.5 Å². The molecule has 2 rings (SSSR count). The molecule has 0 bridgehead atoms. The molecule has 1 aromatic heterocycles. The molecule has 128 valence electrons. The van der Waals surface area contributed by atoms with Gasteiger partial charge in [0.05, 0.1) is 13.3 Å². The van der Waals surface area contributed by atoms with Crippen molar-refractivity contribution in [2.45, 2.75) is 32.4 Å². The SMILES string of the molecule is COC(=O)Cn1cc(C(C)OC(=O)CCc2ccc(F)cc2)nn1. The largest absolute Gasteiger partial charge is 0.468 e. The van der Waals surface area contributed by atoms with Gasteiger partial charge in [0.2, 0.25) is 0 Å². The zero-order valence-electron chi connectivity index (χ0n) is 13.4. The second kappa shape index (κ2) is 8.19. The summed E-state index contributed by atoms with van der Waals surface area (Å²) in [5, 5.41) is 7.64. The van der Waals surface area contributed by atoms with Gasteiger partial charge in [-0.1, -0.05) is 17.3 Å². The van der Waals surface area contributed by atoms with Gasteiger partial charge in [0.15, 0.2) is 0 Å². The molecule has 8 heteroatoms. The Morgan fingerprint density at radius 2 is 1.96 bits per heavy atom. The van der Waals surface area contributed by atoms with Crippen LogP contribution in [-0.2, 0) is 32.0 Å². The summed E-state index contributed by atoms with van der Waals surface area (Å²) in [5.41, 5.74) is 1.29. The number of esters is 2. The molecule has 0 spiro atoms. The average Bonchev–Trinajstić information content (AvgIpc) is 3.02. The maximum absolute atomic E-state index is 12.8. The number of benzene rings is 1. The number of aryl methyl sites for hydroxylation is 1. The predicted molar refractivity (Wildman–Crippen MR) is 81.3 cm³/mol. The van der Waals surface area contributed by atoms with Crippen molar-refractivity contribution in [3.63, 3.8) is 0 Å². The number of ether oxygens (including phenoxy) is 2. The van der Waals surface area contributed by atoms with Gasteiger partial charge in [-0.05, 0) is 31.0 Å². The summed E-state index contributed by atoms with van der Waals surface area (Å²) in [6.07, 6.45) is 1.57. The molecule has 0 fully saturated rings. The van der Waals surface area contributed by atoms with Crippen LogP contribution >= 0.6 is 0 Å². The van der Waals surface area contributed by atoms with Crippen molar-refractivity contribution in [2.75, 3.05) is 7.11 Å². The lowest BCUT2D eigenvalue weighted by atomic mass is 10.1. The lowest BCUT2D eigenvalue weighted by Crippen LogP contribution is -2.12. The molecular weight excluding hydrogens is 317 g/mol. The van der Waals surface area contributed by atoms with Gasteiger partial charge in [-0.3, -0.25) is 9.59 Å². The number of hydrogen-bond acceptors (Lipinski definition) is 6. The second-order valence-corrected chi connectivity index (χ2v) is 5.18. The third-order valence-electron chi connectivity index (χ3n) is 3.33. The quantitative estimate of drug-likeness (QED) is 0.718. The van der Waals surface area contributed by atoms with Crippen LogP contribution < -0.4 is 0 Å². The first-order valence-electron chi connectivity index (χ1n) is 7.38. The zero-order chi connectivity index (χ0) is 17.5. The summed E-state index contributed by atoms with van der Waals surface area (Å²) in [6.45, 7) is 1.61. The summed E-state index contributed by atoms with van der Waals surface area (Å²) in [7, 11) is 1.28. The zero-order valence-corrected chi connectivity index (χ0v) is 13.4. The highest BCUT2D eigenvalue weighted by Crippen LogP contribution is 2.15. The van der Waals surface area contributed by atoms with Gasteiger partial charge in [0, 0.05) is 6.42 Å². The van der Waals surface area contributed by atoms with Crippen LogP contribution in [0.5, 0.6) is 0 Å². The Labute approximate surface area is 138 Å². The molecule has 0 aliphatic rings. The van der Waals surface area contributed by atoms with Crippen LogP contribution in [0.25, 0.3) is 0 Å². The highest BCUT2D eigenvalue weighted by molar-refractivity contribution is 5.70. The van der Waals surface area contributed by atoms with E-state index in [1.54, 1.807) is 19.1 Å². The Morgan fingerprint density at radius 1 is 1.25 bits per heavy atom. The van der Waals surface area contributed by atoms with Crippen LogP contribution in [0.1, 0.15) is 30.7 Å². The summed E-state index contributed by atoms with van der Waals surface area (Å²) in [4.78, 5) is 23.0. The van der Waals surface area contributed by atoms with Crippen LogP contribution in [0.15, 0.2) is 30.5 Å². The first kappa shape index (κ1) is 17.6. The molecule has 1 unspecified atom stereocenters. The Morgan fingerprint density at radius 3 is 2.62 bits per heavy atom. The van der Waals surface area contributed by atoms with Crippen molar-refractivity contribution in [1.29, 1.82) is 0 Å². The third-order valence-corrected chi connectivity index (χ3v) is 3.33. The molecule has 1 atom stereocenters. The molecule has 0 saturated carbocycles. The maximum atomic E-state index is 12.8. The third kappa shape index (κ3) is 5.15.